The van der Waals surface area contributed by atoms with E-state index in [0.29, 0.717) is 10.9 Å². The third-order valence-electron chi connectivity index (χ3n) is 4.64. The molecule has 1 fully saturated rings. The summed E-state index contributed by atoms with van der Waals surface area (Å²) in [6.45, 7) is 4.73. The summed E-state index contributed by atoms with van der Waals surface area (Å²) in [6, 6.07) is 6.68. The molecule has 1 aliphatic rings. The van der Waals surface area contributed by atoms with Gasteiger partial charge in [-0.05, 0) is 44.4 Å². The second-order valence-corrected chi connectivity index (χ2v) is 8.51. The molecule has 1 N–H and O–H groups in total. The highest BCUT2D eigenvalue weighted by Crippen LogP contribution is 2.34. The van der Waals surface area contributed by atoms with Gasteiger partial charge < -0.3 is 10.1 Å². The number of rotatable bonds is 6. The van der Waals surface area contributed by atoms with Gasteiger partial charge in [-0.1, -0.05) is 12.1 Å². The highest BCUT2D eigenvalue weighted by Gasteiger charge is 2.40. The average molecular weight is 427 g/mol. The summed E-state index contributed by atoms with van der Waals surface area (Å²) in [5, 5.41) is 6.89. The van der Waals surface area contributed by atoms with E-state index < -0.39 is 29.4 Å². The van der Waals surface area contributed by atoms with E-state index >= 15 is 0 Å². The van der Waals surface area contributed by atoms with Crippen LogP contribution in [0.15, 0.2) is 30.5 Å². The Balaban J connectivity index is 1.71. The zero-order valence-corrected chi connectivity index (χ0v) is 17.1. The number of benzene rings is 1. The molecule has 1 aromatic carbocycles. The third-order valence-corrected chi connectivity index (χ3v) is 6.08. The number of alkyl halides is 3. The molecule has 5 nitrogen and oxygen atoms in total. The van der Waals surface area contributed by atoms with Crippen LogP contribution in [0.3, 0.4) is 0 Å². The van der Waals surface area contributed by atoms with Gasteiger partial charge in [0.05, 0.1) is 11.8 Å². The number of hydrogen-bond donors (Lipinski definition) is 1. The van der Waals surface area contributed by atoms with Crippen LogP contribution in [0.1, 0.15) is 54.3 Å². The number of nitrogens with one attached hydrogen (secondary N) is 1. The first-order valence-corrected chi connectivity index (χ1v) is 10.5. The first-order valence-electron chi connectivity index (χ1n) is 9.50. The topological polar surface area (TPSA) is 56.2 Å². The predicted molar refractivity (Wildman–Crippen MR) is 107 cm³/mol. The molecule has 2 heterocycles. The molecule has 1 aromatic heterocycles. The Kier molecular flexibility index (Phi) is 6.89. The molecule has 0 unspecified atom stereocenters. The molecule has 0 radical (unpaired) electrons. The standard InChI is InChI=1S/C20H24F3N3O2S/c1-13(2)26-18(20(21,22)23)17(11-24-26)19(27)25-15-5-3-4-14(10-15)12-29-16-6-8-28-9-7-16/h3-5,10-11,13,16H,6-9,12H2,1-2H3,(H,25,27). The van der Waals surface area contributed by atoms with E-state index in [1.807, 2.05) is 17.8 Å². The Morgan fingerprint density at radius 1 is 1.34 bits per heavy atom. The number of carbonyl (C=O) groups is 1. The minimum absolute atomic E-state index is 0.463. The fourth-order valence-corrected chi connectivity index (χ4v) is 4.33. The fraction of sp³-hybridized carbons (Fsp3) is 0.500. The zero-order valence-electron chi connectivity index (χ0n) is 16.3. The van der Waals surface area contributed by atoms with Crippen molar-refractivity contribution in [3.8, 4) is 0 Å². The maximum Gasteiger partial charge on any atom is 0.433 e. The second-order valence-electron chi connectivity index (χ2n) is 7.22. The quantitative estimate of drug-likeness (QED) is 0.693. The first kappa shape index (κ1) is 21.7. The largest absolute Gasteiger partial charge is 0.433 e. The Labute approximate surface area is 172 Å². The Hall–Kier alpha value is -2.00. The minimum Gasteiger partial charge on any atom is -0.381 e. The van der Waals surface area contributed by atoms with Gasteiger partial charge in [-0.15, -0.1) is 0 Å². The van der Waals surface area contributed by atoms with E-state index in [9.17, 15) is 18.0 Å². The van der Waals surface area contributed by atoms with Gasteiger partial charge >= 0.3 is 6.18 Å². The Morgan fingerprint density at radius 3 is 2.72 bits per heavy atom. The fourth-order valence-electron chi connectivity index (χ4n) is 3.20. The summed E-state index contributed by atoms with van der Waals surface area (Å²) in [5.41, 5.74) is -0.0388. The van der Waals surface area contributed by atoms with Crippen LogP contribution in [-0.4, -0.2) is 34.2 Å². The average Bonchev–Trinajstić information content (AvgIpc) is 3.14. The molecule has 2 aromatic rings. The van der Waals surface area contributed by atoms with Crippen molar-refractivity contribution in [3.63, 3.8) is 0 Å². The number of aromatic nitrogens is 2. The van der Waals surface area contributed by atoms with Gasteiger partial charge in [-0.25, -0.2) is 0 Å². The second kappa shape index (κ2) is 9.21. The monoisotopic (exact) mass is 427 g/mol. The summed E-state index contributed by atoms with van der Waals surface area (Å²) in [7, 11) is 0. The van der Waals surface area contributed by atoms with Gasteiger partial charge in [0.15, 0.2) is 5.69 Å². The lowest BCUT2D eigenvalue weighted by Crippen LogP contribution is -2.22. The lowest BCUT2D eigenvalue weighted by Gasteiger charge is -2.21. The van der Waals surface area contributed by atoms with Crippen LogP contribution >= 0.6 is 11.8 Å². The van der Waals surface area contributed by atoms with E-state index in [2.05, 4.69) is 10.4 Å². The smallest absolute Gasteiger partial charge is 0.381 e. The number of ether oxygens (including phenoxy) is 1. The highest BCUT2D eigenvalue weighted by atomic mass is 32.2. The van der Waals surface area contributed by atoms with Crippen LogP contribution in [0.4, 0.5) is 18.9 Å². The molecule has 0 saturated carbocycles. The van der Waals surface area contributed by atoms with Crippen molar-refractivity contribution in [1.29, 1.82) is 0 Å². The molecule has 0 bridgehead atoms. The number of thioether (sulfide) groups is 1. The summed E-state index contributed by atoms with van der Waals surface area (Å²) in [5.74, 6) is -0.0496. The summed E-state index contributed by atoms with van der Waals surface area (Å²) in [4.78, 5) is 12.6. The maximum atomic E-state index is 13.5. The molecule has 158 valence electrons. The van der Waals surface area contributed by atoms with Crippen molar-refractivity contribution in [2.24, 2.45) is 0 Å². The molecular formula is C20H24F3N3O2S. The zero-order chi connectivity index (χ0) is 21.0. The molecule has 1 saturated heterocycles. The van der Waals surface area contributed by atoms with E-state index in [-0.39, 0.29) is 0 Å². The van der Waals surface area contributed by atoms with Gasteiger partial charge in [0, 0.05) is 35.9 Å². The van der Waals surface area contributed by atoms with Crippen molar-refractivity contribution >= 4 is 23.4 Å². The van der Waals surface area contributed by atoms with Crippen LogP contribution in [0.5, 0.6) is 0 Å². The first-order chi connectivity index (χ1) is 13.8. The van der Waals surface area contributed by atoms with Crippen LogP contribution in [0.25, 0.3) is 0 Å². The van der Waals surface area contributed by atoms with Gasteiger partial charge in [-0.2, -0.15) is 30.0 Å². The van der Waals surface area contributed by atoms with E-state index in [1.165, 1.54) is 0 Å². The van der Waals surface area contributed by atoms with Crippen LogP contribution < -0.4 is 5.32 Å². The van der Waals surface area contributed by atoms with Crippen molar-refractivity contribution in [2.45, 2.75) is 49.9 Å². The van der Waals surface area contributed by atoms with Crippen LogP contribution in [0.2, 0.25) is 0 Å². The molecule has 3 rings (SSSR count). The van der Waals surface area contributed by atoms with Crippen LogP contribution in [-0.2, 0) is 16.7 Å². The molecule has 0 aliphatic carbocycles. The number of amides is 1. The van der Waals surface area contributed by atoms with Gasteiger partial charge in [0.2, 0.25) is 0 Å². The third kappa shape index (κ3) is 5.54. The summed E-state index contributed by atoms with van der Waals surface area (Å²) < 4.78 is 46.7. The molecule has 1 aliphatic heterocycles. The number of anilines is 1. The molecule has 0 spiro atoms. The van der Waals surface area contributed by atoms with Gasteiger partial charge in [0.1, 0.15) is 0 Å². The van der Waals surface area contributed by atoms with Crippen LogP contribution in [0, 0.1) is 0 Å². The number of hydrogen-bond acceptors (Lipinski definition) is 4. The Morgan fingerprint density at radius 2 is 2.07 bits per heavy atom. The lowest BCUT2D eigenvalue weighted by atomic mass is 10.2. The molecule has 9 heteroatoms. The summed E-state index contributed by atoms with van der Waals surface area (Å²) in [6.07, 6.45) is -1.67. The lowest BCUT2D eigenvalue weighted by molar-refractivity contribution is -0.145. The number of carbonyl (C=O) groups excluding carboxylic acids is 1. The van der Waals surface area contributed by atoms with Gasteiger partial charge in [-0.3, -0.25) is 9.48 Å². The van der Waals surface area contributed by atoms with Crippen molar-refractivity contribution in [2.75, 3.05) is 18.5 Å². The molecular weight excluding hydrogens is 403 g/mol. The molecule has 1 amide bonds. The molecule has 0 atom stereocenters. The molecule has 29 heavy (non-hydrogen) atoms. The van der Waals surface area contributed by atoms with Gasteiger partial charge in [0.25, 0.3) is 5.91 Å². The highest BCUT2D eigenvalue weighted by molar-refractivity contribution is 7.99. The Bertz CT molecular complexity index is 846. The minimum atomic E-state index is -4.67. The van der Waals surface area contributed by atoms with Crippen molar-refractivity contribution in [3.05, 3.63) is 47.3 Å². The van der Waals surface area contributed by atoms with E-state index in [0.717, 1.165) is 48.3 Å². The number of nitrogens with zero attached hydrogens (tertiary/aromatic N) is 2. The number of halogens is 3. The maximum absolute atomic E-state index is 13.5. The van der Waals surface area contributed by atoms with E-state index in [4.69, 9.17) is 4.74 Å². The summed E-state index contributed by atoms with van der Waals surface area (Å²) >= 11 is 1.83. The predicted octanol–water partition coefficient (Wildman–Crippen LogP) is 5.15. The SMILES string of the molecule is CC(C)n1ncc(C(=O)Nc2cccc(CSC3CCOCC3)c2)c1C(F)(F)F. The normalized spacial score (nSPS) is 15.7. The van der Waals surface area contributed by atoms with Crippen molar-refractivity contribution < 1.29 is 22.7 Å². The van der Waals surface area contributed by atoms with E-state index in [1.54, 1.807) is 32.0 Å². The van der Waals surface area contributed by atoms with Crippen molar-refractivity contribution in [1.82, 2.24) is 9.78 Å².